The van der Waals surface area contributed by atoms with Crippen molar-refractivity contribution in [2.75, 3.05) is 12.8 Å². The van der Waals surface area contributed by atoms with Crippen molar-refractivity contribution >= 4 is 7.60 Å². The van der Waals surface area contributed by atoms with Gasteiger partial charge < -0.3 is 14.9 Å². The highest BCUT2D eigenvalue weighted by Gasteiger charge is 2.27. The van der Waals surface area contributed by atoms with E-state index in [1.54, 1.807) is 0 Å². The molecule has 2 aromatic rings. The van der Waals surface area contributed by atoms with Crippen molar-refractivity contribution in [2.24, 2.45) is 0 Å². The maximum absolute atomic E-state index is 11.8. The van der Waals surface area contributed by atoms with Crippen LogP contribution < -0.4 is 0 Å². The van der Waals surface area contributed by atoms with Crippen LogP contribution in [-0.4, -0.2) is 32.6 Å². The highest BCUT2D eigenvalue weighted by Crippen LogP contribution is 2.41. The zero-order chi connectivity index (χ0) is 23.4. The minimum absolute atomic E-state index is 0.249. The summed E-state index contributed by atoms with van der Waals surface area (Å²) in [4.78, 5) is 21.1. The van der Waals surface area contributed by atoms with Crippen molar-refractivity contribution in [1.82, 2.24) is 4.90 Å². The quantitative estimate of drug-likeness (QED) is 0.462. The second-order valence-corrected chi connectivity index (χ2v) is 12.1. The van der Waals surface area contributed by atoms with Crippen molar-refractivity contribution in [3.8, 4) is 5.75 Å². The van der Waals surface area contributed by atoms with Gasteiger partial charge in [0.15, 0.2) is 0 Å². The molecule has 0 spiro atoms. The van der Waals surface area contributed by atoms with Crippen LogP contribution in [0, 0.1) is 0 Å². The summed E-state index contributed by atoms with van der Waals surface area (Å²) in [5, 5.41) is 10.9. The zero-order valence-corrected chi connectivity index (χ0v) is 20.6. The minimum atomic E-state index is -4.19. The third-order valence-electron chi connectivity index (χ3n) is 5.36. The van der Waals surface area contributed by atoms with Crippen molar-refractivity contribution in [1.29, 1.82) is 0 Å². The summed E-state index contributed by atoms with van der Waals surface area (Å²) in [6, 6.07) is 14.1. The first-order valence-electron chi connectivity index (χ1n) is 10.8. The Labute approximate surface area is 187 Å². The lowest BCUT2D eigenvalue weighted by atomic mass is 9.78. The fourth-order valence-electron chi connectivity index (χ4n) is 3.80. The Kier molecular flexibility index (Phi) is 8.15. The molecule has 5 nitrogen and oxygen atoms in total. The molecule has 0 aliphatic heterocycles. The molecule has 3 N–H and O–H groups in total. The van der Waals surface area contributed by atoms with E-state index in [-0.39, 0.29) is 17.1 Å². The molecule has 0 bridgehead atoms. The van der Waals surface area contributed by atoms with Gasteiger partial charge in [-0.25, -0.2) is 0 Å². The van der Waals surface area contributed by atoms with E-state index in [0.717, 1.165) is 29.5 Å². The molecule has 0 saturated carbocycles. The molecule has 0 fully saturated rings. The first-order valence-corrected chi connectivity index (χ1v) is 12.6. The SMILES string of the molecule is CC(C)(C)c1cc(CN(CCCc2ccccc2)CP(=O)(O)O)cc(C(C)(C)C)c1O. The number of phenolic OH excluding ortho intramolecular Hbond substituents is 1. The average Bonchev–Trinajstić information content (AvgIpc) is 2.60. The molecule has 6 heteroatoms. The molecule has 0 saturated heterocycles. The summed E-state index contributed by atoms with van der Waals surface area (Å²) >= 11 is 0. The smallest absolute Gasteiger partial charge is 0.339 e. The van der Waals surface area contributed by atoms with Crippen LogP contribution in [0.2, 0.25) is 0 Å². The first-order chi connectivity index (χ1) is 14.2. The van der Waals surface area contributed by atoms with Gasteiger partial charge in [-0.2, -0.15) is 0 Å². The highest BCUT2D eigenvalue weighted by atomic mass is 31.2. The van der Waals surface area contributed by atoms with Crippen LogP contribution in [0.4, 0.5) is 0 Å². The molecule has 2 rings (SSSR count). The van der Waals surface area contributed by atoms with Crippen LogP contribution in [0.1, 0.15) is 70.2 Å². The van der Waals surface area contributed by atoms with Gasteiger partial charge in [0.1, 0.15) is 12.0 Å². The Morgan fingerprint density at radius 1 is 0.871 bits per heavy atom. The summed E-state index contributed by atoms with van der Waals surface area (Å²) in [5.74, 6) is 0.314. The van der Waals surface area contributed by atoms with Gasteiger partial charge >= 0.3 is 7.60 Å². The van der Waals surface area contributed by atoms with Crippen LogP contribution in [0.25, 0.3) is 0 Å². The lowest BCUT2D eigenvalue weighted by molar-refractivity contribution is 0.266. The number of nitrogens with zero attached hydrogens (tertiary/aromatic N) is 1. The number of hydrogen-bond donors (Lipinski definition) is 3. The Morgan fingerprint density at radius 3 is 1.84 bits per heavy atom. The van der Waals surface area contributed by atoms with Crippen molar-refractivity contribution < 1.29 is 19.5 Å². The molecule has 0 amide bonds. The first kappa shape index (κ1) is 25.6. The number of phenols is 1. The van der Waals surface area contributed by atoms with Gasteiger partial charge in [-0.15, -0.1) is 0 Å². The maximum atomic E-state index is 11.8. The molecule has 31 heavy (non-hydrogen) atoms. The molecule has 0 aliphatic rings. The Balaban J connectivity index is 2.30. The summed E-state index contributed by atoms with van der Waals surface area (Å²) in [6.45, 7) is 13.4. The number of aryl methyl sites for hydroxylation is 1. The summed E-state index contributed by atoms with van der Waals surface area (Å²) < 4.78 is 11.8. The topological polar surface area (TPSA) is 81.0 Å². The standard InChI is InChI=1S/C25H38NO4P/c1-24(2,3)21-15-20(16-22(23(21)27)25(4,5)6)17-26(18-31(28,29)30)14-10-13-19-11-8-7-9-12-19/h7-9,11-12,15-16,27H,10,13-14,17-18H2,1-6H3,(H2,28,29,30). The zero-order valence-electron chi connectivity index (χ0n) is 19.7. The maximum Gasteiger partial charge on any atom is 0.339 e. The molecule has 0 atom stereocenters. The molecule has 0 unspecified atom stereocenters. The van der Waals surface area contributed by atoms with Gasteiger partial charge in [-0.05, 0) is 52.5 Å². The predicted octanol–water partition coefficient (Wildman–Crippen LogP) is 5.56. The van der Waals surface area contributed by atoms with E-state index in [9.17, 15) is 19.5 Å². The number of hydrogen-bond acceptors (Lipinski definition) is 3. The Morgan fingerprint density at radius 2 is 1.39 bits per heavy atom. The van der Waals surface area contributed by atoms with Gasteiger partial charge in [0.2, 0.25) is 0 Å². The molecule has 0 heterocycles. The molecule has 172 valence electrons. The Hall–Kier alpha value is -1.65. The Bertz CT molecular complexity index is 872. The van der Waals surface area contributed by atoms with E-state index in [0.29, 0.717) is 18.8 Å². The van der Waals surface area contributed by atoms with Gasteiger partial charge in [-0.1, -0.05) is 84.0 Å². The lowest BCUT2D eigenvalue weighted by Crippen LogP contribution is -2.27. The summed E-state index contributed by atoms with van der Waals surface area (Å²) in [5.41, 5.74) is 3.39. The highest BCUT2D eigenvalue weighted by molar-refractivity contribution is 7.51. The fourth-order valence-corrected chi connectivity index (χ4v) is 4.56. The van der Waals surface area contributed by atoms with Crippen LogP contribution in [0.5, 0.6) is 5.75 Å². The van der Waals surface area contributed by atoms with Gasteiger partial charge in [-0.3, -0.25) is 9.46 Å². The molecule has 0 aliphatic carbocycles. The van der Waals surface area contributed by atoms with E-state index in [2.05, 4.69) is 53.7 Å². The molecule has 0 aromatic heterocycles. The monoisotopic (exact) mass is 447 g/mol. The second kappa shape index (κ2) is 9.87. The van der Waals surface area contributed by atoms with Crippen LogP contribution in [0.15, 0.2) is 42.5 Å². The van der Waals surface area contributed by atoms with E-state index in [1.165, 1.54) is 5.56 Å². The van der Waals surface area contributed by atoms with Crippen molar-refractivity contribution in [3.63, 3.8) is 0 Å². The number of aromatic hydroxyl groups is 1. The molecular formula is C25H38NO4P. The van der Waals surface area contributed by atoms with E-state index in [4.69, 9.17) is 0 Å². The van der Waals surface area contributed by atoms with Crippen LogP contribution in [0.3, 0.4) is 0 Å². The van der Waals surface area contributed by atoms with Crippen LogP contribution >= 0.6 is 7.60 Å². The van der Waals surface area contributed by atoms with Crippen LogP contribution in [-0.2, 0) is 28.4 Å². The normalized spacial score (nSPS) is 13.1. The second-order valence-electron chi connectivity index (χ2n) is 10.5. The van der Waals surface area contributed by atoms with E-state index < -0.39 is 7.60 Å². The largest absolute Gasteiger partial charge is 0.507 e. The fraction of sp³-hybridized carbons (Fsp3) is 0.520. The predicted molar refractivity (Wildman–Crippen MR) is 128 cm³/mol. The lowest BCUT2D eigenvalue weighted by Gasteiger charge is -2.30. The van der Waals surface area contributed by atoms with Crippen molar-refractivity contribution in [3.05, 3.63) is 64.7 Å². The summed E-state index contributed by atoms with van der Waals surface area (Å²) in [6.07, 6.45) is 1.38. The molecule has 2 aromatic carbocycles. The third-order valence-corrected chi connectivity index (χ3v) is 6.13. The molecular weight excluding hydrogens is 409 g/mol. The van der Waals surface area contributed by atoms with Gasteiger partial charge in [0.05, 0.1) is 0 Å². The van der Waals surface area contributed by atoms with E-state index >= 15 is 0 Å². The minimum Gasteiger partial charge on any atom is -0.507 e. The number of benzene rings is 2. The summed E-state index contributed by atoms with van der Waals surface area (Å²) in [7, 11) is -4.19. The average molecular weight is 448 g/mol. The number of rotatable bonds is 8. The van der Waals surface area contributed by atoms with Gasteiger partial charge in [0.25, 0.3) is 0 Å². The van der Waals surface area contributed by atoms with E-state index in [1.807, 2.05) is 35.2 Å². The van der Waals surface area contributed by atoms with Gasteiger partial charge in [0, 0.05) is 6.54 Å². The molecule has 0 radical (unpaired) electrons. The third kappa shape index (κ3) is 8.08. The van der Waals surface area contributed by atoms with Crippen molar-refractivity contribution in [2.45, 2.75) is 71.8 Å².